The molecule has 4 fully saturated rings. The maximum Gasteiger partial charge on any atom is 0.231 e. The average molecular weight is 468 g/mol. The zero-order valence-corrected chi connectivity index (χ0v) is 19.5. The molecule has 2 aromatic rings. The van der Waals surface area contributed by atoms with Crippen molar-refractivity contribution in [2.24, 2.45) is 11.8 Å². The fourth-order valence-corrected chi connectivity index (χ4v) is 6.21. The number of hydrogen-bond donors (Lipinski definition) is 2. The van der Waals surface area contributed by atoms with Crippen LogP contribution in [0.25, 0.3) is 0 Å². The molecule has 2 N–H and O–H groups in total. The Kier molecular flexibility index (Phi) is 5.69. The van der Waals surface area contributed by atoms with Gasteiger partial charge in [0.05, 0.1) is 18.7 Å². The largest absolute Gasteiger partial charge is 0.454 e. The Morgan fingerprint density at radius 1 is 1.21 bits per heavy atom. The highest BCUT2D eigenvalue weighted by atomic mass is 16.7. The number of nitrogens with zero attached hydrogens (tertiary/aromatic N) is 4. The molecule has 1 aromatic carbocycles. The van der Waals surface area contributed by atoms with Gasteiger partial charge in [-0.1, -0.05) is 30.5 Å². The summed E-state index contributed by atoms with van der Waals surface area (Å²) < 4.78 is 12.7. The van der Waals surface area contributed by atoms with Crippen molar-refractivity contribution in [2.75, 3.05) is 19.9 Å². The van der Waals surface area contributed by atoms with E-state index in [-0.39, 0.29) is 18.6 Å². The minimum Gasteiger partial charge on any atom is -0.454 e. The van der Waals surface area contributed by atoms with E-state index in [0.29, 0.717) is 24.2 Å². The summed E-state index contributed by atoms with van der Waals surface area (Å²) in [6.07, 6.45) is 8.78. The van der Waals surface area contributed by atoms with Gasteiger partial charge in [-0.05, 0) is 55.8 Å². The molecule has 4 aliphatic heterocycles. The van der Waals surface area contributed by atoms with Crippen molar-refractivity contribution >= 4 is 5.91 Å². The van der Waals surface area contributed by atoms with E-state index in [0.717, 1.165) is 75.2 Å². The number of ether oxygens (including phenoxy) is 2. The van der Waals surface area contributed by atoms with Crippen LogP contribution >= 0.6 is 0 Å². The first kappa shape index (κ1) is 21.9. The lowest BCUT2D eigenvalue weighted by Gasteiger charge is -2.49. The molecule has 0 radical (unpaired) electrons. The van der Waals surface area contributed by atoms with E-state index < -0.39 is 5.60 Å². The van der Waals surface area contributed by atoms with Crippen molar-refractivity contribution < 1.29 is 19.4 Å². The van der Waals surface area contributed by atoms with Crippen LogP contribution in [0.15, 0.2) is 24.4 Å². The smallest absolute Gasteiger partial charge is 0.231 e. The van der Waals surface area contributed by atoms with E-state index in [1.165, 1.54) is 6.42 Å². The summed E-state index contributed by atoms with van der Waals surface area (Å²) in [6.45, 7) is 3.31. The van der Waals surface area contributed by atoms with E-state index in [1.807, 2.05) is 29.1 Å². The minimum absolute atomic E-state index is 0.0215. The molecule has 9 nitrogen and oxygen atoms in total. The number of rotatable bonds is 6. The van der Waals surface area contributed by atoms with E-state index >= 15 is 0 Å². The van der Waals surface area contributed by atoms with Gasteiger partial charge in [-0.2, -0.15) is 0 Å². The molecule has 4 unspecified atom stereocenters. The van der Waals surface area contributed by atoms with Crippen molar-refractivity contribution in [3.05, 3.63) is 35.7 Å². The van der Waals surface area contributed by atoms with Gasteiger partial charge in [-0.15, -0.1) is 5.10 Å². The third-order valence-electron chi connectivity index (χ3n) is 8.21. The molecule has 182 valence electrons. The van der Waals surface area contributed by atoms with Gasteiger partial charge in [0, 0.05) is 19.1 Å². The molecule has 1 aliphatic carbocycles. The van der Waals surface area contributed by atoms with Crippen LogP contribution in [0.5, 0.6) is 11.5 Å². The normalized spacial score (nSPS) is 29.2. The predicted molar refractivity (Wildman–Crippen MR) is 123 cm³/mol. The molecular formula is C25H33N5O4. The van der Waals surface area contributed by atoms with Crippen molar-refractivity contribution in [2.45, 2.75) is 69.7 Å². The van der Waals surface area contributed by atoms with Gasteiger partial charge in [-0.3, -0.25) is 14.4 Å². The maximum absolute atomic E-state index is 13.0. The zero-order valence-electron chi connectivity index (χ0n) is 19.5. The number of aromatic nitrogens is 3. The number of nitrogens with one attached hydrogen (secondary N) is 1. The lowest BCUT2D eigenvalue weighted by molar-refractivity contribution is -0.133. The number of amides is 1. The van der Waals surface area contributed by atoms with E-state index in [9.17, 15) is 9.90 Å². The lowest BCUT2D eigenvalue weighted by Crippen LogP contribution is -2.58. The molecule has 9 heteroatoms. The van der Waals surface area contributed by atoms with Gasteiger partial charge in [0.1, 0.15) is 11.3 Å². The highest BCUT2D eigenvalue weighted by Crippen LogP contribution is 2.38. The number of carbonyl (C=O) groups is 1. The standard InChI is InChI=1S/C25H33N5O4/c31-24(26-12-17-4-5-21-22(10-17)34-16-33-21)20-14-29-9-6-18(20)11-19(29)13-30-15-23(27-28-30)25(32)7-2-1-3-8-25/h4-5,10,15,18-20,32H,1-3,6-9,11-14,16H2,(H,26,31). The van der Waals surface area contributed by atoms with E-state index in [4.69, 9.17) is 9.47 Å². The number of aliphatic hydroxyl groups is 1. The third kappa shape index (κ3) is 4.15. The molecule has 2 bridgehead atoms. The summed E-state index contributed by atoms with van der Waals surface area (Å²) in [5.74, 6) is 2.04. The Labute approximate surface area is 199 Å². The lowest BCUT2D eigenvalue weighted by atomic mass is 9.75. The van der Waals surface area contributed by atoms with Crippen molar-refractivity contribution in [1.29, 1.82) is 0 Å². The fraction of sp³-hybridized carbons (Fsp3) is 0.640. The van der Waals surface area contributed by atoms with Crippen LogP contribution in [0.2, 0.25) is 0 Å². The Bertz CT molecular complexity index is 1050. The quantitative estimate of drug-likeness (QED) is 0.671. The molecule has 34 heavy (non-hydrogen) atoms. The summed E-state index contributed by atoms with van der Waals surface area (Å²) in [6, 6.07) is 6.15. The molecule has 5 heterocycles. The molecule has 7 rings (SSSR count). The van der Waals surface area contributed by atoms with Gasteiger partial charge < -0.3 is 19.9 Å². The van der Waals surface area contributed by atoms with Gasteiger partial charge in [0.25, 0.3) is 0 Å². The molecule has 1 saturated carbocycles. The Morgan fingerprint density at radius 3 is 2.88 bits per heavy atom. The molecule has 1 amide bonds. The van der Waals surface area contributed by atoms with Crippen molar-refractivity contribution in [3.8, 4) is 11.5 Å². The van der Waals surface area contributed by atoms with Gasteiger partial charge in [0.15, 0.2) is 11.5 Å². The van der Waals surface area contributed by atoms with Crippen LogP contribution in [0.1, 0.15) is 56.2 Å². The van der Waals surface area contributed by atoms with Crippen molar-refractivity contribution in [3.63, 3.8) is 0 Å². The molecular weight excluding hydrogens is 434 g/mol. The first-order chi connectivity index (χ1) is 16.6. The number of hydrogen-bond acceptors (Lipinski definition) is 7. The monoisotopic (exact) mass is 467 g/mol. The second-order valence-electron chi connectivity index (χ2n) is 10.4. The SMILES string of the molecule is O=C(NCc1ccc2c(c1)OCO2)C1CN2CCC1CC2Cn1cc(C2(O)CCCCC2)nn1. The van der Waals surface area contributed by atoms with Crippen molar-refractivity contribution in [1.82, 2.24) is 25.2 Å². The average Bonchev–Trinajstić information content (AvgIpc) is 3.53. The number of benzene rings is 1. The second kappa shape index (κ2) is 8.85. The molecule has 4 atom stereocenters. The maximum atomic E-state index is 13.0. The van der Waals surface area contributed by atoms with Gasteiger partial charge in [0.2, 0.25) is 12.7 Å². The zero-order chi connectivity index (χ0) is 23.1. The molecule has 1 aromatic heterocycles. The van der Waals surface area contributed by atoms with Gasteiger partial charge in [-0.25, -0.2) is 0 Å². The Morgan fingerprint density at radius 2 is 2.06 bits per heavy atom. The minimum atomic E-state index is -0.816. The summed E-state index contributed by atoms with van der Waals surface area (Å²) in [7, 11) is 0. The number of piperidine rings is 3. The third-order valence-corrected chi connectivity index (χ3v) is 8.21. The summed E-state index contributed by atoms with van der Waals surface area (Å²) >= 11 is 0. The Balaban J connectivity index is 1.04. The molecule has 3 saturated heterocycles. The first-order valence-electron chi connectivity index (χ1n) is 12.6. The van der Waals surface area contributed by atoms with E-state index in [2.05, 4.69) is 20.5 Å². The summed E-state index contributed by atoms with van der Waals surface area (Å²) in [5, 5.41) is 22.8. The topological polar surface area (TPSA) is 102 Å². The van der Waals surface area contributed by atoms with Gasteiger partial charge >= 0.3 is 0 Å². The Hall–Kier alpha value is -2.65. The second-order valence-corrected chi connectivity index (χ2v) is 10.4. The predicted octanol–water partition coefficient (Wildman–Crippen LogP) is 2.19. The number of fused-ring (bicyclic) bond motifs is 4. The van der Waals surface area contributed by atoms with Crippen LogP contribution in [0.3, 0.4) is 0 Å². The van der Waals surface area contributed by atoms with Crippen LogP contribution < -0.4 is 14.8 Å². The molecule has 0 spiro atoms. The van der Waals surface area contributed by atoms with Crippen LogP contribution in [0, 0.1) is 11.8 Å². The van der Waals surface area contributed by atoms with Crippen LogP contribution in [-0.2, 0) is 23.5 Å². The van der Waals surface area contributed by atoms with Crippen LogP contribution in [-0.4, -0.2) is 56.8 Å². The molecule has 5 aliphatic rings. The summed E-state index contributed by atoms with van der Waals surface area (Å²) in [4.78, 5) is 15.5. The fourth-order valence-electron chi connectivity index (χ4n) is 6.21. The highest BCUT2D eigenvalue weighted by Gasteiger charge is 2.43. The van der Waals surface area contributed by atoms with Crippen LogP contribution in [0.4, 0.5) is 0 Å². The first-order valence-corrected chi connectivity index (χ1v) is 12.6. The summed E-state index contributed by atoms with van der Waals surface area (Å²) in [5.41, 5.74) is 0.908. The number of carbonyl (C=O) groups excluding carboxylic acids is 1. The van der Waals surface area contributed by atoms with E-state index in [1.54, 1.807) is 0 Å². The highest BCUT2D eigenvalue weighted by molar-refractivity contribution is 5.79.